The summed E-state index contributed by atoms with van der Waals surface area (Å²) in [7, 11) is 0. The van der Waals surface area contributed by atoms with Gasteiger partial charge in [-0.05, 0) is 31.0 Å². The molecule has 5 rings (SSSR count). The maximum absolute atomic E-state index is 12.0. The summed E-state index contributed by atoms with van der Waals surface area (Å²) in [6.45, 7) is 2.09. The van der Waals surface area contributed by atoms with Gasteiger partial charge in [-0.1, -0.05) is 30.3 Å². The summed E-state index contributed by atoms with van der Waals surface area (Å²) in [5.41, 5.74) is 1.93. The number of nitro groups is 1. The highest BCUT2D eigenvalue weighted by Crippen LogP contribution is 2.30. The minimum atomic E-state index is -0.421. The second kappa shape index (κ2) is 9.03. The summed E-state index contributed by atoms with van der Waals surface area (Å²) in [5, 5.41) is 14.4. The summed E-state index contributed by atoms with van der Waals surface area (Å²) in [6.07, 6.45) is 2.28. The Morgan fingerprint density at radius 1 is 1.12 bits per heavy atom. The molecule has 0 bridgehead atoms. The third-order valence-electron chi connectivity index (χ3n) is 5.75. The van der Waals surface area contributed by atoms with Gasteiger partial charge in [0.1, 0.15) is 11.3 Å². The monoisotopic (exact) mass is 462 g/mol. The fourth-order valence-electron chi connectivity index (χ4n) is 4.12. The standard InChI is InChI=1S/C24H22N4O4S/c29-23-11-5-12-26(23)13-6-14-27-20(22-15-17-7-1-4-10-21(17)32-22)16-33-24(27)25-18-8-2-3-9-19(18)28(30)31/h1-4,7-10,15-16H,5-6,11-14H2. The van der Waals surface area contributed by atoms with Crippen LogP contribution in [0.2, 0.25) is 0 Å². The number of benzene rings is 2. The number of rotatable bonds is 7. The number of carbonyl (C=O) groups excluding carboxylic acids is 1. The first kappa shape index (κ1) is 21.1. The van der Waals surface area contributed by atoms with E-state index in [1.165, 1.54) is 17.4 Å². The second-order valence-electron chi connectivity index (χ2n) is 7.90. The van der Waals surface area contributed by atoms with Crippen LogP contribution < -0.4 is 4.80 Å². The molecule has 0 spiro atoms. The number of carbonyl (C=O) groups is 1. The summed E-state index contributed by atoms with van der Waals surface area (Å²) < 4.78 is 8.12. The minimum Gasteiger partial charge on any atom is -0.454 e. The molecule has 3 heterocycles. The van der Waals surface area contributed by atoms with E-state index in [1.54, 1.807) is 18.2 Å². The van der Waals surface area contributed by atoms with Crippen molar-refractivity contribution in [3.63, 3.8) is 0 Å². The second-order valence-corrected chi connectivity index (χ2v) is 8.74. The van der Waals surface area contributed by atoms with E-state index >= 15 is 0 Å². The molecular weight excluding hydrogens is 440 g/mol. The molecule has 1 fully saturated rings. The van der Waals surface area contributed by atoms with Gasteiger partial charge in [0.2, 0.25) is 5.91 Å². The number of hydrogen-bond acceptors (Lipinski definition) is 6. The fourth-order valence-corrected chi connectivity index (χ4v) is 5.05. The molecule has 0 radical (unpaired) electrons. The van der Waals surface area contributed by atoms with Gasteiger partial charge in [-0.2, -0.15) is 0 Å². The van der Waals surface area contributed by atoms with Gasteiger partial charge in [0.15, 0.2) is 10.6 Å². The number of thiazole rings is 1. The predicted molar refractivity (Wildman–Crippen MR) is 126 cm³/mol. The number of hydrogen-bond donors (Lipinski definition) is 0. The number of fused-ring (bicyclic) bond motifs is 1. The highest BCUT2D eigenvalue weighted by Gasteiger charge is 2.20. The van der Waals surface area contributed by atoms with E-state index in [-0.39, 0.29) is 11.6 Å². The third kappa shape index (κ3) is 4.31. The molecule has 9 heteroatoms. The van der Waals surface area contributed by atoms with Crippen molar-refractivity contribution in [1.82, 2.24) is 9.47 Å². The average Bonchev–Trinajstić information content (AvgIpc) is 3.53. The van der Waals surface area contributed by atoms with Gasteiger partial charge in [0.25, 0.3) is 5.69 Å². The van der Waals surface area contributed by atoms with E-state index in [0.29, 0.717) is 35.8 Å². The molecule has 1 aliphatic heterocycles. The zero-order valence-electron chi connectivity index (χ0n) is 17.8. The van der Waals surface area contributed by atoms with Crippen molar-refractivity contribution in [3.8, 4) is 11.5 Å². The Morgan fingerprint density at radius 3 is 2.73 bits per heavy atom. The molecule has 1 amide bonds. The quantitative estimate of drug-likeness (QED) is 0.282. The SMILES string of the molecule is O=C1CCCN1CCCn1c(-c2cc3ccccc3o2)csc1=Nc1ccccc1[N+](=O)[O-]. The van der Waals surface area contributed by atoms with Crippen LogP contribution in [0.5, 0.6) is 0 Å². The normalized spacial score (nSPS) is 14.5. The molecule has 2 aromatic carbocycles. The van der Waals surface area contributed by atoms with Gasteiger partial charge in [0.05, 0.1) is 10.6 Å². The van der Waals surface area contributed by atoms with E-state index in [2.05, 4.69) is 4.99 Å². The van der Waals surface area contributed by atoms with E-state index in [4.69, 9.17) is 4.42 Å². The number of likely N-dealkylation sites (tertiary alicyclic amines) is 1. The van der Waals surface area contributed by atoms with Crippen LogP contribution in [0.1, 0.15) is 19.3 Å². The van der Waals surface area contributed by atoms with Gasteiger partial charge < -0.3 is 13.9 Å². The maximum atomic E-state index is 12.0. The summed E-state index contributed by atoms with van der Waals surface area (Å²) >= 11 is 1.41. The topological polar surface area (TPSA) is 93.9 Å². The number of aromatic nitrogens is 1. The van der Waals surface area contributed by atoms with Crippen molar-refractivity contribution >= 4 is 39.6 Å². The number of nitrogens with zero attached hydrogens (tertiary/aromatic N) is 4. The molecular formula is C24H22N4O4S. The lowest BCUT2D eigenvalue weighted by Crippen LogP contribution is -2.27. The molecule has 0 saturated carbocycles. The molecule has 1 aliphatic rings. The molecule has 0 atom stereocenters. The van der Waals surface area contributed by atoms with E-state index in [9.17, 15) is 14.9 Å². The van der Waals surface area contributed by atoms with Crippen LogP contribution in [0.15, 0.2) is 69.4 Å². The molecule has 0 unspecified atom stereocenters. The summed E-state index contributed by atoms with van der Waals surface area (Å²) in [4.78, 5) is 30.2. The number of nitro benzene ring substituents is 1. The fraction of sp³-hybridized carbons (Fsp3) is 0.250. The van der Waals surface area contributed by atoms with Crippen LogP contribution in [0.25, 0.3) is 22.4 Å². The number of amides is 1. The van der Waals surface area contributed by atoms with Crippen LogP contribution in [-0.2, 0) is 11.3 Å². The largest absolute Gasteiger partial charge is 0.454 e. The van der Waals surface area contributed by atoms with Crippen molar-refractivity contribution in [2.45, 2.75) is 25.8 Å². The molecule has 1 saturated heterocycles. The zero-order valence-corrected chi connectivity index (χ0v) is 18.7. The van der Waals surface area contributed by atoms with Gasteiger partial charge in [0, 0.05) is 42.9 Å². The minimum absolute atomic E-state index is 0.0367. The van der Waals surface area contributed by atoms with Gasteiger partial charge >= 0.3 is 0 Å². The van der Waals surface area contributed by atoms with Crippen molar-refractivity contribution in [2.75, 3.05) is 13.1 Å². The molecule has 4 aromatic rings. The molecule has 0 N–H and O–H groups in total. The smallest absolute Gasteiger partial charge is 0.294 e. The Morgan fingerprint density at radius 2 is 1.94 bits per heavy atom. The average molecular weight is 463 g/mol. The first-order valence-corrected chi connectivity index (χ1v) is 11.7. The van der Waals surface area contributed by atoms with Crippen molar-refractivity contribution in [1.29, 1.82) is 0 Å². The summed E-state index contributed by atoms with van der Waals surface area (Å²) in [5.74, 6) is 0.918. The van der Waals surface area contributed by atoms with Crippen molar-refractivity contribution in [2.24, 2.45) is 4.99 Å². The zero-order chi connectivity index (χ0) is 22.8. The highest BCUT2D eigenvalue weighted by atomic mass is 32.1. The predicted octanol–water partition coefficient (Wildman–Crippen LogP) is 5.12. The first-order chi connectivity index (χ1) is 16.1. The molecule has 8 nitrogen and oxygen atoms in total. The summed E-state index contributed by atoms with van der Waals surface area (Å²) in [6, 6.07) is 16.3. The lowest BCUT2D eigenvalue weighted by molar-refractivity contribution is -0.384. The molecule has 0 aliphatic carbocycles. The van der Waals surface area contributed by atoms with E-state index < -0.39 is 4.92 Å². The molecule has 33 heavy (non-hydrogen) atoms. The Bertz CT molecular complexity index is 1370. The van der Waals surface area contributed by atoms with Gasteiger partial charge in [-0.3, -0.25) is 14.9 Å². The molecule has 2 aromatic heterocycles. The van der Waals surface area contributed by atoms with Gasteiger partial charge in [-0.15, -0.1) is 11.3 Å². The van der Waals surface area contributed by atoms with E-state index in [0.717, 1.165) is 36.0 Å². The Kier molecular flexibility index (Phi) is 5.78. The van der Waals surface area contributed by atoms with Crippen LogP contribution >= 0.6 is 11.3 Å². The highest BCUT2D eigenvalue weighted by molar-refractivity contribution is 7.07. The maximum Gasteiger partial charge on any atom is 0.294 e. The lowest BCUT2D eigenvalue weighted by atomic mass is 10.2. The number of furan rings is 1. The molecule has 168 valence electrons. The lowest BCUT2D eigenvalue weighted by Gasteiger charge is -2.16. The van der Waals surface area contributed by atoms with E-state index in [1.807, 2.05) is 45.2 Å². The van der Waals surface area contributed by atoms with Gasteiger partial charge in [-0.25, -0.2) is 4.99 Å². The Labute approximate surface area is 193 Å². The third-order valence-corrected chi connectivity index (χ3v) is 6.61. The Hall–Kier alpha value is -3.72. The van der Waals surface area contributed by atoms with Crippen molar-refractivity contribution < 1.29 is 14.1 Å². The number of para-hydroxylation sites is 3. The van der Waals surface area contributed by atoms with Crippen LogP contribution in [-0.4, -0.2) is 33.4 Å². The first-order valence-electron chi connectivity index (χ1n) is 10.8. The van der Waals surface area contributed by atoms with Crippen LogP contribution in [0.4, 0.5) is 11.4 Å². The van der Waals surface area contributed by atoms with Crippen LogP contribution in [0.3, 0.4) is 0 Å². The van der Waals surface area contributed by atoms with Crippen LogP contribution in [0, 0.1) is 10.1 Å². The van der Waals surface area contributed by atoms with Crippen molar-refractivity contribution in [3.05, 3.63) is 74.9 Å². The Balaban J connectivity index is 1.54.